The number of amides is 1. The van der Waals surface area contributed by atoms with E-state index < -0.39 is 0 Å². The van der Waals surface area contributed by atoms with Crippen molar-refractivity contribution in [3.63, 3.8) is 0 Å². The standard InChI is InChI=1S/C39H50N10O3.C37H42N8O4/c1-26-20-46(30-6-5-7-30)12-14-48(26)31-8-10-36(40-18-31)42-34-16-28(22-44(3)38(34)50)29-17-35(39(51)45(4)23-29)43-37-11-9-32(19-41-37)49-15-13-47(21-27(49)2)33-24-52-25-33;1-23-18-42(27-21-49-22-27)9-10-43(23)26-5-6-33(39-17-26)40-29-13-25(19-41(4)35(29)47)34-28(20-46)30(7-8-38-34)45-12-11-44-31(36(45)48)14-24-15-37(2,3)16-32(24)44/h8-11,16-19,22-23,26-27,30,33H,5-7,12-15,20-21,24-25H2,1-4H3,(H,40,42)(H,41,43);5-8,13-14,17,19-20,23,27H,9-12,15-16,18,21-22H2,1-4H3,(H,39,40)/t26-,27-;23-/m00/s1. The lowest BCUT2D eigenvalue weighted by molar-refractivity contribution is -0.0691. The van der Waals surface area contributed by atoms with Crippen molar-refractivity contribution >= 4 is 69.5 Å². The zero-order chi connectivity index (χ0) is 70.0. The second-order valence-corrected chi connectivity index (χ2v) is 29.7. The van der Waals surface area contributed by atoms with Gasteiger partial charge in [0.25, 0.3) is 22.6 Å². The molecule has 528 valence electrons. The Balaban J connectivity index is 0.000000164. The maximum atomic E-state index is 13.9. The average Bonchev–Trinajstić information content (AvgIpc) is 1.65. The van der Waals surface area contributed by atoms with E-state index in [9.17, 15) is 24.0 Å². The molecule has 8 aromatic heterocycles. The summed E-state index contributed by atoms with van der Waals surface area (Å²) in [5, 5.41) is 9.69. The molecule has 2 aliphatic carbocycles. The van der Waals surface area contributed by atoms with Crippen LogP contribution < -0.4 is 52.2 Å². The van der Waals surface area contributed by atoms with Crippen LogP contribution >= 0.6 is 0 Å². The van der Waals surface area contributed by atoms with Crippen molar-refractivity contribution < 1.29 is 19.1 Å². The van der Waals surface area contributed by atoms with Gasteiger partial charge in [0, 0.05) is 164 Å². The van der Waals surface area contributed by atoms with Gasteiger partial charge in [0.15, 0.2) is 6.29 Å². The van der Waals surface area contributed by atoms with Crippen molar-refractivity contribution in [2.45, 2.75) is 110 Å². The molecule has 0 radical (unpaired) electrons. The quantitative estimate of drug-likeness (QED) is 0.0780. The van der Waals surface area contributed by atoms with Gasteiger partial charge in [-0.05, 0) is 124 Å². The van der Waals surface area contributed by atoms with Gasteiger partial charge < -0.3 is 63.3 Å². The molecule has 0 spiro atoms. The average molecular weight is 1370 g/mol. The minimum Gasteiger partial charge on any atom is -0.378 e. The van der Waals surface area contributed by atoms with E-state index in [0.717, 1.165) is 139 Å². The Labute approximate surface area is 588 Å². The lowest BCUT2D eigenvalue weighted by Gasteiger charge is -2.46. The second kappa shape index (κ2) is 27.8. The molecule has 8 aromatic rings. The molecule has 1 amide bonds. The molecule has 25 heteroatoms. The number of hydrogen-bond donors (Lipinski definition) is 3. The van der Waals surface area contributed by atoms with Crippen LogP contribution in [0.25, 0.3) is 22.4 Å². The van der Waals surface area contributed by atoms with Crippen molar-refractivity contribution in [3.8, 4) is 22.4 Å². The van der Waals surface area contributed by atoms with Crippen LogP contribution in [-0.2, 0) is 50.0 Å². The van der Waals surface area contributed by atoms with E-state index in [4.69, 9.17) is 14.5 Å². The van der Waals surface area contributed by atoms with E-state index in [0.29, 0.717) is 106 Å². The lowest BCUT2D eigenvalue weighted by Crippen LogP contribution is -2.59. The number of carbonyl (C=O) groups is 2. The highest BCUT2D eigenvalue weighted by atomic mass is 16.5. The number of aromatic nitrogens is 8. The maximum absolute atomic E-state index is 13.9. The van der Waals surface area contributed by atoms with Crippen molar-refractivity contribution in [1.29, 1.82) is 0 Å². The molecule has 3 atom stereocenters. The van der Waals surface area contributed by atoms with Crippen molar-refractivity contribution in [2.24, 2.45) is 26.6 Å². The number of rotatable bonds is 16. The van der Waals surface area contributed by atoms with E-state index in [1.165, 1.54) is 35.1 Å². The first-order valence-electron chi connectivity index (χ1n) is 35.8. The summed E-state index contributed by atoms with van der Waals surface area (Å²) in [6.45, 7) is 24.7. The molecule has 0 aromatic carbocycles. The normalized spacial score (nSPS) is 21.2. The SMILES string of the molecule is C[C@H]1CN(C2CCC2)CCN1c1ccc(Nc2cc(-c3cc(Nc4ccc(N5CCN(C6COC6)C[C@@H]5C)cn4)c(=O)n(C)c3)cn(C)c2=O)nc1.C[C@H]1CN(C2COC2)CCN1c1ccc(Nc2cc(-c3nccc(N4CCn5c(cc6c5CC(C)(C)C6)C4=O)c3C=O)cn(C)c2=O)nc1. The van der Waals surface area contributed by atoms with E-state index >= 15 is 0 Å². The second-order valence-electron chi connectivity index (χ2n) is 29.7. The fraction of sp³-hybridized carbons (Fsp3) is 0.461. The summed E-state index contributed by atoms with van der Waals surface area (Å²) < 4.78 is 17.5. The zero-order valence-electron chi connectivity index (χ0n) is 59.1. The molecule has 6 fully saturated rings. The van der Waals surface area contributed by atoms with E-state index in [-0.39, 0.29) is 28.0 Å². The number of carbonyl (C=O) groups excluding carboxylic acids is 2. The Hall–Kier alpha value is -9.53. The molecule has 25 nitrogen and oxygen atoms in total. The summed E-state index contributed by atoms with van der Waals surface area (Å²) in [4.78, 5) is 101. The molecule has 1 saturated carbocycles. The third kappa shape index (κ3) is 13.6. The predicted molar refractivity (Wildman–Crippen MR) is 395 cm³/mol. The number of aryl methyl sites for hydroxylation is 3. The molecule has 16 rings (SSSR count). The highest BCUT2D eigenvalue weighted by Gasteiger charge is 2.39. The smallest absolute Gasteiger partial charge is 0.274 e. The molecule has 14 heterocycles. The lowest BCUT2D eigenvalue weighted by atomic mass is 9.90. The third-order valence-corrected chi connectivity index (χ3v) is 22.0. The van der Waals surface area contributed by atoms with Gasteiger partial charge in [-0.2, -0.15) is 0 Å². The number of fused-ring (bicyclic) bond motifs is 3. The van der Waals surface area contributed by atoms with E-state index in [1.807, 2.05) is 61.1 Å². The van der Waals surface area contributed by atoms with Crippen LogP contribution in [0.2, 0.25) is 0 Å². The largest absolute Gasteiger partial charge is 0.378 e. The molecular weight excluding hydrogens is 1280 g/mol. The van der Waals surface area contributed by atoms with Crippen molar-refractivity contribution in [1.82, 2.24) is 52.9 Å². The summed E-state index contributed by atoms with van der Waals surface area (Å²) in [7, 11) is 5.12. The van der Waals surface area contributed by atoms with Gasteiger partial charge in [0.2, 0.25) is 0 Å². The Morgan fingerprint density at radius 2 is 0.960 bits per heavy atom. The monoisotopic (exact) mass is 1370 g/mol. The van der Waals surface area contributed by atoms with Crippen LogP contribution in [0.4, 0.5) is 57.3 Å². The van der Waals surface area contributed by atoms with Crippen LogP contribution in [0.1, 0.15) is 86.0 Å². The molecule has 0 bridgehead atoms. The third-order valence-electron chi connectivity index (χ3n) is 22.0. The Morgan fingerprint density at radius 3 is 1.36 bits per heavy atom. The Bertz CT molecular complexity index is 4450. The highest BCUT2D eigenvalue weighted by Crippen LogP contribution is 2.41. The minimum absolute atomic E-state index is 0.125. The maximum Gasteiger partial charge on any atom is 0.274 e. The van der Waals surface area contributed by atoms with Crippen LogP contribution in [0, 0.1) is 5.41 Å². The molecule has 101 heavy (non-hydrogen) atoms. The first-order chi connectivity index (χ1) is 48.8. The molecule has 8 aliphatic rings. The van der Waals surface area contributed by atoms with Crippen LogP contribution in [-0.4, -0.2) is 193 Å². The van der Waals surface area contributed by atoms with Gasteiger partial charge in [0.05, 0.1) is 91.1 Å². The fourth-order valence-electron chi connectivity index (χ4n) is 16.1. The summed E-state index contributed by atoms with van der Waals surface area (Å²) in [5.41, 5.74) is 10.4. The first-order valence-corrected chi connectivity index (χ1v) is 35.8. The number of nitrogens with zero attached hydrogens (tertiary/aromatic N) is 15. The van der Waals surface area contributed by atoms with Gasteiger partial charge in [-0.3, -0.25) is 43.7 Å². The topological polar surface area (TPSA) is 234 Å². The Morgan fingerprint density at radius 1 is 0.515 bits per heavy atom. The van der Waals surface area contributed by atoms with Gasteiger partial charge in [-0.25, -0.2) is 15.0 Å². The van der Waals surface area contributed by atoms with Gasteiger partial charge in [-0.15, -0.1) is 0 Å². The van der Waals surface area contributed by atoms with Crippen LogP contribution in [0.5, 0.6) is 0 Å². The minimum atomic E-state index is -0.244. The first kappa shape index (κ1) is 67.3. The van der Waals surface area contributed by atoms with Gasteiger partial charge in [-0.1, -0.05) is 20.3 Å². The Kier molecular flexibility index (Phi) is 18.5. The van der Waals surface area contributed by atoms with Crippen molar-refractivity contribution in [2.75, 3.05) is 127 Å². The zero-order valence-corrected chi connectivity index (χ0v) is 59.1. The number of pyridine rings is 7. The number of anilines is 10. The molecule has 0 unspecified atom stereocenters. The van der Waals surface area contributed by atoms with Crippen molar-refractivity contribution in [3.05, 3.63) is 164 Å². The van der Waals surface area contributed by atoms with E-state index in [1.54, 1.807) is 72.1 Å². The van der Waals surface area contributed by atoms with Gasteiger partial charge in [0.1, 0.15) is 40.2 Å². The summed E-state index contributed by atoms with van der Waals surface area (Å²) in [5.74, 6) is 1.59. The summed E-state index contributed by atoms with van der Waals surface area (Å²) >= 11 is 0. The van der Waals surface area contributed by atoms with Crippen LogP contribution in [0.15, 0.2) is 124 Å². The predicted octanol–water partition coefficient (Wildman–Crippen LogP) is 7.89. The van der Waals surface area contributed by atoms with Crippen LogP contribution in [0.3, 0.4) is 0 Å². The number of nitrogens with one attached hydrogen (secondary N) is 3. The number of hydrogen-bond acceptors (Lipinski definition) is 20. The molecule has 6 aliphatic heterocycles. The number of aldehydes is 1. The molecular formula is C76H92N18O7. The number of piperazine rings is 3. The summed E-state index contributed by atoms with van der Waals surface area (Å²) in [6, 6.07) is 23.9. The molecule has 5 saturated heterocycles. The van der Waals surface area contributed by atoms with Gasteiger partial charge >= 0.3 is 0 Å². The summed E-state index contributed by atoms with van der Waals surface area (Å²) in [6.07, 6.45) is 19.1. The van der Waals surface area contributed by atoms with E-state index in [2.05, 4.69) is 112 Å². The fourth-order valence-corrected chi connectivity index (χ4v) is 16.1. The highest BCUT2D eigenvalue weighted by molar-refractivity contribution is 6.09. The molecule has 3 N–H and O–H groups in total. The number of ether oxygens (including phenoxy) is 2.